The number of hydrogen-bond acceptors (Lipinski definition) is 3. The van der Waals surface area contributed by atoms with Crippen LogP contribution in [0.1, 0.15) is 5.56 Å². The maximum Gasteiger partial charge on any atom is 0.273 e. The molecule has 2 rings (SSSR count). The molecular formula is C10H8N2O3. The van der Waals surface area contributed by atoms with E-state index in [0.717, 1.165) is 0 Å². The number of nitro benzene ring substituents is 1. The highest BCUT2D eigenvalue weighted by molar-refractivity contribution is 5.82. The van der Waals surface area contributed by atoms with Gasteiger partial charge in [-0.15, -0.1) is 0 Å². The van der Waals surface area contributed by atoms with Crippen molar-refractivity contribution in [1.82, 2.24) is 4.98 Å². The fraction of sp³-hybridized carbons (Fsp3) is 0.100. The molecule has 0 radical (unpaired) electrons. The van der Waals surface area contributed by atoms with Gasteiger partial charge in [0.05, 0.1) is 4.92 Å². The van der Waals surface area contributed by atoms with E-state index in [1.165, 1.54) is 12.1 Å². The molecule has 1 N–H and O–H groups in total. The fourth-order valence-corrected chi connectivity index (χ4v) is 1.50. The van der Waals surface area contributed by atoms with Crippen molar-refractivity contribution < 1.29 is 4.92 Å². The molecule has 15 heavy (non-hydrogen) atoms. The number of aromatic amines is 1. The Morgan fingerprint density at radius 1 is 1.33 bits per heavy atom. The first kappa shape index (κ1) is 9.39. The molecular weight excluding hydrogens is 196 g/mol. The smallest absolute Gasteiger partial charge is 0.273 e. The average Bonchev–Trinajstić information content (AvgIpc) is 2.15. The molecule has 0 aliphatic carbocycles. The molecule has 2 aromatic rings. The number of H-pyrrole nitrogens is 1. The molecule has 1 heterocycles. The van der Waals surface area contributed by atoms with Crippen LogP contribution in [0.3, 0.4) is 0 Å². The second kappa shape index (κ2) is 3.20. The molecule has 0 aliphatic heterocycles. The molecule has 0 amide bonds. The third kappa shape index (κ3) is 1.59. The van der Waals surface area contributed by atoms with Crippen molar-refractivity contribution in [3.05, 3.63) is 50.3 Å². The van der Waals surface area contributed by atoms with Crippen LogP contribution in [-0.4, -0.2) is 9.91 Å². The summed E-state index contributed by atoms with van der Waals surface area (Å²) < 4.78 is 0. The Morgan fingerprint density at radius 2 is 2.07 bits per heavy atom. The molecule has 0 unspecified atom stereocenters. The summed E-state index contributed by atoms with van der Waals surface area (Å²) >= 11 is 0. The molecule has 0 fully saturated rings. The van der Waals surface area contributed by atoms with Gasteiger partial charge in [-0.05, 0) is 19.1 Å². The molecule has 1 aromatic carbocycles. The van der Waals surface area contributed by atoms with Gasteiger partial charge >= 0.3 is 0 Å². The zero-order valence-corrected chi connectivity index (χ0v) is 7.98. The van der Waals surface area contributed by atoms with Gasteiger partial charge in [-0.2, -0.15) is 0 Å². The zero-order valence-electron chi connectivity index (χ0n) is 7.98. The average molecular weight is 204 g/mol. The van der Waals surface area contributed by atoms with Gasteiger partial charge in [0, 0.05) is 28.6 Å². The SMILES string of the molecule is Cc1cc2[nH]c(=O)ccc2cc1[N+](=O)[O-]. The lowest BCUT2D eigenvalue weighted by Crippen LogP contribution is -2.03. The van der Waals surface area contributed by atoms with Crippen LogP contribution in [0.2, 0.25) is 0 Å². The van der Waals surface area contributed by atoms with Crippen molar-refractivity contribution in [3.63, 3.8) is 0 Å². The molecule has 0 aliphatic rings. The van der Waals surface area contributed by atoms with Gasteiger partial charge in [-0.3, -0.25) is 14.9 Å². The van der Waals surface area contributed by atoms with E-state index in [4.69, 9.17) is 0 Å². The lowest BCUT2D eigenvalue weighted by atomic mass is 10.1. The number of benzene rings is 1. The van der Waals surface area contributed by atoms with Crippen LogP contribution in [0.5, 0.6) is 0 Å². The highest BCUT2D eigenvalue weighted by atomic mass is 16.6. The Bertz CT molecular complexity index is 601. The summed E-state index contributed by atoms with van der Waals surface area (Å²) in [5.41, 5.74) is 1.00. The number of aryl methyl sites for hydroxylation is 1. The minimum Gasteiger partial charge on any atom is -0.322 e. The number of nitrogens with one attached hydrogen (secondary N) is 1. The summed E-state index contributed by atoms with van der Waals surface area (Å²) in [6.45, 7) is 1.64. The van der Waals surface area contributed by atoms with Crippen LogP contribution in [0.15, 0.2) is 29.1 Å². The van der Waals surface area contributed by atoms with Crippen LogP contribution in [0, 0.1) is 17.0 Å². The van der Waals surface area contributed by atoms with Crippen LogP contribution in [-0.2, 0) is 0 Å². The largest absolute Gasteiger partial charge is 0.322 e. The minimum atomic E-state index is -0.431. The Morgan fingerprint density at radius 3 is 2.73 bits per heavy atom. The normalized spacial score (nSPS) is 10.5. The predicted octanol–water partition coefficient (Wildman–Crippen LogP) is 1.74. The highest BCUT2D eigenvalue weighted by Gasteiger charge is 2.11. The predicted molar refractivity (Wildman–Crippen MR) is 56.0 cm³/mol. The Labute approximate surface area is 84.5 Å². The molecule has 0 saturated carbocycles. The van der Waals surface area contributed by atoms with Crippen LogP contribution >= 0.6 is 0 Å². The van der Waals surface area contributed by atoms with Gasteiger partial charge in [0.15, 0.2) is 0 Å². The lowest BCUT2D eigenvalue weighted by Gasteiger charge is -2.00. The van der Waals surface area contributed by atoms with Crippen molar-refractivity contribution >= 4 is 16.6 Å². The van der Waals surface area contributed by atoms with Crippen molar-refractivity contribution in [3.8, 4) is 0 Å². The van der Waals surface area contributed by atoms with E-state index in [9.17, 15) is 14.9 Å². The number of nitrogens with zero attached hydrogens (tertiary/aromatic N) is 1. The second-order valence-corrected chi connectivity index (χ2v) is 3.31. The molecule has 0 bridgehead atoms. The molecule has 76 valence electrons. The second-order valence-electron chi connectivity index (χ2n) is 3.31. The van der Waals surface area contributed by atoms with E-state index >= 15 is 0 Å². The minimum absolute atomic E-state index is 0.0644. The maximum absolute atomic E-state index is 11.0. The maximum atomic E-state index is 11.0. The summed E-state index contributed by atoms with van der Waals surface area (Å²) in [7, 11) is 0. The first-order valence-corrected chi connectivity index (χ1v) is 4.36. The summed E-state index contributed by atoms with van der Waals surface area (Å²) in [6.07, 6.45) is 0. The van der Waals surface area contributed by atoms with Gasteiger partial charge in [0.25, 0.3) is 5.69 Å². The van der Waals surface area contributed by atoms with E-state index in [2.05, 4.69) is 4.98 Å². The first-order valence-electron chi connectivity index (χ1n) is 4.36. The highest BCUT2D eigenvalue weighted by Crippen LogP contribution is 2.22. The summed E-state index contributed by atoms with van der Waals surface area (Å²) in [5.74, 6) is 0. The van der Waals surface area contributed by atoms with Crippen LogP contribution in [0.4, 0.5) is 5.69 Å². The van der Waals surface area contributed by atoms with Gasteiger partial charge < -0.3 is 4.98 Å². The topological polar surface area (TPSA) is 76.0 Å². The summed E-state index contributed by atoms with van der Waals surface area (Å²) in [6, 6.07) is 5.98. The van der Waals surface area contributed by atoms with Crippen molar-refractivity contribution in [2.45, 2.75) is 6.92 Å². The summed E-state index contributed by atoms with van der Waals surface area (Å²) in [5, 5.41) is 11.3. The van der Waals surface area contributed by atoms with Crippen molar-refractivity contribution in [2.24, 2.45) is 0 Å². The number of rotatable bonds is 1. The number of aromatic nitrogens is 1. The van der Waals surface area contributed by atoms with Crippen LogP contribution < -0.4 is 5.56 Å². The first-order chi connectivity index (χ1) is 7.08. The molecule has 1 aromatic heterocycles. The van der Waals surface area contributed by atoms with Gasteiger partial charge in [0.2, 0.25) is 5.56 Å². The summed E-state index contributed by atoms with van der Waals surface area (Å²) in [4.78, 5) is 23.9. The Kier molecular flexibility index (Phi) is 2.00. The molecule has 5 heteroatoms. The van der Waals surface area contributed by atoms with Crippen molar-refractivity contribution in [1.29, 1.82) is 0 Å². The third-order valence-corrected chi connectivity index (χ3v) is 2.24. The van der Waals surface area contributed by atoms with Gasteiger partial charge in [-0.25, -0.2) is 0 Å². The standard InChI is InChI=1S/C10H8N2O3/c1-6-4-8-7(2-3-10(13)11-8)5-9(6)12(14)15/h2-5H,1H3,(H,11,13). The van der Waals surface area contributed by atoms with E-state index in [0.29, 0.717) is 16.5 Å². The molecule has 0 saturated heterocycles. The van der Waals surface area contributed by atoms with E-state index < -0.39 is 4.92 Å². The molecule has 5 nitrogen and oxygen atoms in total. The Hall–Kier alpha value is -2.17. The number of pyridine rings is 1. The molecule has 0 spiro atoms. The Balaban J connectivity index is 2.82. The molecule has 0 atom stereocenters. The van der Waals surface area contributed by atoms with Gasteiger partial charge in [-0.1, -0.05) is 0 Å². The monoisotopic (exact) mass is 204 g/mol. The van der Waals surface area contributed by atoms with E-state index in [-0.39, 0.29) is 11.2 Å². The fourth-order valence-electron chi connectivity index (χ4n) is 1.50. The number of fused-ring (bicyclic) bond motifs is 1. The van der Waals surface area contributed by atoms with Crippen molar-refractivity contribution in [2.75, 3.05) is 0 Å². The number of nitro groups is 1. The van der Waals surface area contributed by atoms with Crippen LogP contribution in [0.25, 0.3) is 10.9 Å². The number of hydrogen-bond donors (Lipinski definition) is 1. The lowest BCUT2D eigenvalue weighted by molar-refractivity contribution is -0.385. The third-order valence-electron chi connectivity index (χ3n) is 2.24. The van der Waals surface area contributed by atoms with Gasteiger partial charge in [0.1, 0.15) is 0 Å². The quantitative estimate of drug-likeness (QED) is 0.567. The zero-order chi connectivity index (χ0) is 11.0. The van der Waals surface area contributed by atoms with E-state index in [1.807, 2.05) is 0 Å². The van der Waals surface area contributed by atoms with E-state index in [1.54, 1.807) is 19.1 Å².